The van der Waals surface area contributed by atoms with Crippen LogP contribution in [0.15, 0.2) is 102 Å². The third kappa shape index (κ3) is 7.89. The van der Waals surface area contributed by atoms with Gasteiger partial charge in [0.05, 0.1) is 39.4 Å². The van der Waals surface area contributed by atoms with Crippen molar-refractivity contribution in [2.75, 3.05) is 19.7 Å². The highest BCUT2D eigenvalue weighted by atomic mass is 35.5. The number of nitrogens with one attached hydrogen (secondary N) is 1. The number of rotatable bonds is 9. The van der Waals surface area contributed by atoms with Crippen LogP contribution in [0, 0.1) is 5.82 Å². The quantitative estimate of drug-likeness (QED) is 0.163. The van der Waals surface area contributed by atoms with Gasteiger partial charge < -0.3 is 15.2 Å². The number of fused-ring (bicyclic) bond motifs is 1. The van der Waals surface area contributed by atoms with Crippen LogP contribution in [-0.4, -0.2) is 35.3 Å². The second kappa shape index (κ2) is 14.8. The predicted octanol–water partition coefficient (Wildman–Crippen LogP) is 7.89. The summed E-state index contributed by atoms with van der Waals surface area (Å²) >= 11 is 19.3. The molecule has 0 saturated heterocycles. The Bertz CT molecular complexity index is 1700. The maximum Gasteiger partial charge on any atom is 0.317 e. The highest BCUT2D eigenvalue weighted by Crippen LogP contribution is 2.38. The molecule has 5 aromatic rings. The van der Waals surface area contributed by atoms with Gasteiger partial charge in [0.15, 0.2) is 0 Å². The van der Waals surface area contributed by atoms with Crippen LogP contribution in [0.25, 0.3) is 27.7 Å². The molecule has 5 rings (SSSR count). The number of carboxylic acid groups (broad SMARTS) is 1. The topological polar surface area (TPSA) is 80.6 Å². The summed E-state index contributed by atoms with van der Waals surface area (Å²) in [5.41, 5.74) is 1.60. The second-order valence-electron chi connectivity index (χ2n) is 9.03. The fourth-order valence-electron chi connectivity index (χ4n) is 4.23. The lowest BCUT2D eigenvalue weighted by Gasteiger charge is -2.18. The Morgan fingerprint density at radius 2 is 1.50 bits per heavy atom. The van der Waals surface area contributed by atoms with Crippen LogP contribution in [0.3, 0.4) is 0 Å². The molecule has 42 heavy (non-hydrogen) atoms. The molecule has 0 aliphatic rings. The number of para-hydroxylation sites is 1. The molecule has 0 aliphatic carbocycles. The molecule has 0 spiro atoms. The van der Waals surface area contributed by atoms with Crippen LogP contribution in [0.2, 0.25) is 15.1 Å². The Morgan fingerprint density at radius 1 is 0.833 bits per heavy atom. The Hall–Kier alpha value is -3.88. The van der Waals surface area contributed by atoms with Gasteiger partial charge in [-0.15, -0.1) is 0 Å². The van der Waals surface area contributed by atoms with E-state index in [0.717, 1.165) is 0 Å². The minimum Gasteiger partial charge on any atom is -0.493 e. The van der Waals surface area contributed by atoms with Crippen molar-refractivity contribution in [3.8, 4) is 22.6 Å². The summed E-state index contributed by atoms with van der Waals surface area (Å²) in [6.45, 7) is 0.573. The maximum atomic E-state index is 13.8. The predicted molar refractivity (Wildman–Crippen MR) is 167 cm³/mol. The summed E-state index contributed by atoms with van der Waals surface area (Å²) in [5, 5.41) is 12.9. The SMILES string of the molecule is O=C(O)CNCCCOc1cc(-c2ccc(F)cc2Cl)c2ccc(=O)n(-c3c(Cl)cccc3Cl)c2c1.c1ccccc1. The van der Waals surface area contributed by atoms with Crippen molar-refractivity contribution in [1.29, 1.82) is 0 Å². The molecule has 0 unspecified atom stereocenters. The van der Waals surface area contributed by atoms with Gasteiger partial charge in [0.2, 0.25) is 0 Å². The summed E-state index contributed by atoms with van der Waals surface area (Å²) in [4.78, 5) is 23.7. The third-order valence-electron chi connectivity index (χ3n) is 6.08. The first-order valence-corrected chi connectivity index (χ1v) is 14.0. The van der Waals surface area contributed by atoms with E-state index in [1.54, 1.807) is 42.5 Å². The number of hydrogen-bond donors (Lipinski definition) is 2. The number of benzene rings is 4. The molecule has 0 amide bonds. The summed E-state index contributed by atoms with van der Waals surface area (Å²) in [6, 6.07) is 27.5. The van der Waals surface area contributed by atoms with Crippen molar-refractivity contribution in [2.24, 2.45) is 0 Å². The lowest BCUT2D eigenvalue weighted by Crippen LogP contribution is -2.24. The van der Waals surface area contributed by atoms with Crippen molar-refractivity contribution in [3.63, 3.8) is 0 Å². The van der Waals surface area contributed by atoms with Crippen LogP contribution < -0.4 is 15.6 Å². The first kappa shape index (κ1) is 31.1. The van der Waals surface area contributed by atoms with Crippen LogP contribution in [0.1, 0.15) is 6.42 Å². The maximum absolute atomic E-state index is 13.8. The fraction of sp³-hybridized carbons (Fsp3) is 0.125. The van der Waals surface area contributed by atoms with Gasteiger partial charge in [-0.1, -0.05) is 77.3 Å². The number of aliphatic carboxylic acids is 1. The zero-order valence-corrected chi connectivity index (χ0v) is 24.5. The van der Waals surface area contributed by atoms with Gasteiger partial charge in [0.1, 0.15) is 11.6 Å². The van der Waals surface area contributed by atoms with E-state index in [2.05, 4.69) is 5.32 Å². The van der Waals surface area contributed by atoms with Crippen LogP contribution in [-0.2, 0) is 4.79 Å². The molecule has 0 aliphatic heterocycles. The van der Waals surface area contributed by atoms with Gasteiger partial charge in [-0.3, -0.25) is 14.2 Å². The molecule has 0 saturated carbocycles. The normalized spacial score (nSPS) is 10.7. The van der Waals surface area contributed by atoms with Crippen molar-refractivity contribution in [1.82, 2.24) is 9.88 Å². The number of hydrogen-bond acceptors (Lipinski definition) is 4. The lowest BCUT2D eigenvalue weighted by atomic mass is 9.99. The molecule has 0 fully saturated rings. The summed E-state index contributed by atoms with van der Waals surface area (Å²) < 4.78 is 21.1. The molecule has 2 N–H and O–H groups in total. The molecular formula is C32H26Cl3FN2O4. The van der Waals surface area contributed by atoms with E-state index in [4.69, 9.17) is 44.6 Å². The molecule has 0 radical (unpaired) electrons. The van der Waals surface area contributed by atoms with E-state index in [0.29, 0.717) is 46.4 Å². The first-order chi connectivity index (χ1) is 20.3. The van der Waals surface area contributed by atoms with Crippen molar-refractivity contribution < 1.29 is 19.0 Å². The lowest BCUT2D eigenvalue weighted by molar-refractivity contribution is -0.135. The average molecular weight is 628 g/mol. The van der Waals surface area contributed by atoms with Crippen molar-refractivity contribution in [3.05, 3.63) is 128 Å². The molecule has 1 heterocycles. The molecule has 10 heteroatoms. The minimum atomic E-state index is -0.942. The van der Waals surface area contributed by atoms with Crippen LogP contribution >= 0.6 is 34.8 Å². The first-order valence-electron chi connectivity index (χ1n) is 12.9. The van der Waals surface area contributed by atoms with Gasteiger partial charge in [0, 0.05) is 23.1 Å². The number of halogens is 4. The Morgan fingerprint density at radius 3 is 2.12 bits per heavy atom. The fourth-order valence-corrected chi connectivity index (χ4v) is 5.07. The van der Waals surface area contributed by atoms with E-state index in [1.807, 2.05) is 36.4 Å². The molecule has 6 nitrogen and oxygen atoms in total. The third-order valence-corrected chi connectivity index (χ3v) is 7.00. The van der Waals surface area contributed by atoms with Crippen LogP contribution in [0.4, 0.5) is 4.39 Å². The number of ether oxygens (including phenoxy) is 1. The minimum absolute atomic E-state index is 0.145. The standard InChI is InChI=1S/C26H20Cl3FN2O4.C6H6/c27-20-3-1-4-21(28)26(20)32-23-13-16(36-10-2-9-31-14-25(34)35)12-19(18(23)7-8-24(32)33)17-6-5-15(30)11-22(17)29;1-2-4-6-5-3-1/h1,3-8,11-13,31H,2,9-10,14H2,(H,34,35);1-6H. The van der Waals surface area contributed by atoms with E-state index in [9.17, 15) is 14.0 Å². The van der Waals surface area contributed by atoms with Crippen molar-refractivity contribution in [2.45, 2.75) is 6.42 Å². The summed E-state index contributed by atoms with van der Waals surface area (Å²) in [5.74, 6) is -0.991. The van der Waals surface area contributed by atoms with E-state index in [1.165, 1.54) is 22.8 Å². The molecule has 4 aromatic carbocycles. The van der Waals surface area contributed by atoms with E-state index >= 15 is 0 Å². The zero-order chi connectivity index (χ0) is 30.1. The van der Waals surface area contributed by atoms with Gasteiger partial charge in [-0.05, 0) is 61.0 Å². The summed E-state index contributed by atoms with van der Waals surface area (Å²) in [6.07, 6.45) is 0.538. The van der Waals surface area contributed by atoms with Gasteiger partial charge >= 0.3 is 5.97 Å². The zero-order valence-electron chi connectivity index (χ0n) is 22.2. The number of pyridine rings is 1. The molecule has 0 atom stereocenters. The van der Waals surface area contributed by atoms with Crippen LogP contribution in [0.5, 0.6) is 5.75 Å². The Labute approximate surface area is 256 Å². The highest BCUT2D eigenvalue weighted by Gasteiger charge is 2.18. The molecule has 0 bridgehead atoms. The van der Waals surface area contributed by atoms with Gasteiger partial charge in [0.25, 0.3) is 5.56 Å². The highest BCUT2D eigenvalue weighted by molar-refractivity contribution is 6.38. The average Bonchev–Trinajstić information content (AvgIpc) is 2.96. The van der Waals surface area contributed by atoms with Crippen molar-refractivity contribution >= 4 is 51.7 Å². The molecule has 1 aromatic heterocycles. The monoisotopic (exact) mass is 626 g/mol. The number of aromatic nitrogens is 1. The summed E-state index contributed by atoms with van der Waals surface area (Å²) in [7, 11) is 0. The number of carboxylic acids is 1. The van der Waals surface area contributed by atoms with E-state index in [-0.39, 0.29) is 33.8 Å². The van der Waals surface area contributed by atoms with Gasteiger partial charge in [-0.2, -0.15) is 0 Å². The Kier molecular flexibility index (Phi) is 11.0. The van der Waals surface area contributed by atoms with E-state index < -0.39 is 11.8 Å². The molecular weight excluding hydrogens is 602 g/mol. The number of carbonyl (C=O) groups is 1. The second-order valence-corrected chi connectivity index (χ2v) is 10.3. The largest absolute Gasteiger partial charge is 0.493 e. The molecule has 216 valence electrons. The Balaban J connectivity index is 0.000000600. The van der Waals surface area contributed by atoms with Gasteiger partial charge in [-0.25, -0.2) is 4.39 Å². The smallest absolute Gasteiger partial charge is 0.317 e. The number of nitrogens with zero attached hydrogens (tertiary/aromatic N) is 1.